The van der Waals surface area contributed by atoms with Crippen molar-refractivity contribution in [1.29, 1.82) is 0 Å². The number of nitrogens with zero attached hydrogens (tertiary/aromatic N) is 2. The van der Waals surface area contributed by atoms with Gasteiger partial charge in [-0.05, 0) is 48.5 Å². The molecule has 0 aliphatic heterocycles. The predicted octanol–water partition coefficient (Wildman–Crippen LogP) is 2.05. The van der Waals surface area contributed by atoms with Gasteiger partial charge in [-0.3, -0.25) is 4.79 Å². The molecule has 0 unspecified atom stereocenters. The second kappa shape index (κ2) is 9.06. The van der Waals surface area contributed by atoms with Crippen LogP contribution in [0.4, 0.5) is 4.39 Å². The highest BCUT2D eigenvalue weighted by atomic mass is 32.2. The molecule has 0 saturated carbocycles. The molecule has 10 heteroatoms. The van der Waals surface area contributed by atoms with E-state index in [9.17, 15) is 17.6 Å². The van der Waals surface area contributed by atoms with Crippen molar-refractivity contribution in [2.45, 2.75) is 11.4 Å². The van der Waals surface area contributed by atoms with Gasteiger partial charge in [0, 0.05) is 18.2 Å². The number of nitrogens with one attached hydrogen (secondary N) is 1. The van der Waals surface area contributed by atoms with Gasteiger partial charge < -0.3 is 9.47 Å². The van der Waals surface area contributed by atoms with Crippen molar-refractivity contribution in [2.75, 3.05) is 20.8 Å². The smallest absolute Gasteiger partial charge is 0.266 e. The van der Waals surface area contributed by atoms with Crippen LogP contribution in [0.25, 0.3) is 11.3 Å². The van der Waals surface area contributed by atoms with Gasteiger partial charge in [0.2, 0.25) is 10.0 Å². The zero-order chi connectivity index (χ0) is 21.7. The number of methoxy groups -OCH3 is 2. The summed E-state index contributed by atoms with van der Waals surface area (Å²) in [7, 11) is -1.11. The van der Waals surface area contributed by atoms with Crippen molar-refractivity contribution in [3.05, 3.63) is 70.8 Å². The third kappa shape index (κ3) is 4.84. The van der Waals surface area contributed by atoms with Crippen LogP contribution in [0.1, 0.15) is 0 Å². The molecule has 0 saturated heterocycles. The number of aromatic nitrogens is 2. The van der Waals surface area contributed by atoms with E-state index in [-0.39, 0.29) is 29.3 Å². The maximum Gasteiger partial charge on any atom is 0.266 e. The molecular weight excluding hydrogens is 413 g/mol. The summed E-state index contributed by atoms with van der Waals surface area (Å²) in [5.74, 6) is -0.151. The first-order valence-corrected chi connectivity index (χ1v) is 10.4. The fraction of sp³-hybridized carbons (Fsp3) is 0.200. The molecule has 3 rings (SSSR count). The van der Waals surface area contributed by atoms with E-state index in [2.05, 4.69) is 9.82 Å². The molecule has 0 bridgehead atoms. The highest BCUT2D eigenvalue weighted by Gasteiger charge is 2.16. The quantitative estimate of drug-likeness (QED) is 0.584. The summed E-state index contributed by atoms with van der Waals surface area (Å²) in [6.07, 6.45) is 0. The molecule has 8 nitrogen and oxygen atoms in total. The van der Waals surface area contributed by atoms with Crippen LogP contribution < -0.4 is 19.8 Å². The Morgan fingerprint density at radius 2 is 1.77 bits per heavy atom. The summed E-state index contributed by atoms with van der Waals surface area (Å²) in [6, 6.07) is 13.4. The maximum absolute atomic E-state index is 13.8. The number of rotatable bonds is 8. The summed E-state index contributed by atoms with van der Waals surface area (Å²) in [5, 5.41) is 4.28. The molecule has 0 amide bonds. The lowest BCUT2D eigenvalue weighted by molar-refractivity contribution is 0.385. The van der Waals surface area contributed by atoms with Gasteiger partial charge in [-0.15, -0.1) is 0 Å². The molecule has 1 aromatic heterocycles. The van der Waals surface area contributed by atoms with Crippen LogP contribution in [0.15, 0.2) is 64.3 Å². The van der Waals surface area contributed by atoms with E-state index in [4.69, 9.17) is 9.47 Å². The molecule has 1 N–H and O–H groups in total. The molecule has 1 heterocycles. The number of hydrogen-bond donors (Lipinski definition) is 1. The Morgan fingerprint density at radius 1 is 1.03 bits per heavy atom. The lowest BCUT2D eigenvalue weighted by Crippen LogP contribution is -2.32. The van der Waals surface area contributed by atoms with Crippen LogP contribution in [0.3, 0.4) is 0 Å². The number of benzene rings is 2. The molecule has 3 aromatic rings. The molecule has 0 atom stereocenters. The van der Waals surface area contributed by atoms with Gasteiger partial charge in [0.15, 0.2) is 11.6 Å². The molecule has 30 heavy (non-hydrogen) atoms. The van der Waals surface area contributed by atoms with Crippen LogP contribution in [0, 0.1) is 5.82 Å². The molecule has 0 aliphatic carbocycles. The lowest BCUT2D eigenvalue weighted by Gasteiger charge is -2.10. The van der Waals surface area contributed by atoms with Crippen LogP contribution in [-0.4, -0.2) is 39.0 Å². The molecule has 0 spiro atoms. The molecule has 0 aliphatic rings. The van der Waals surface area contributed by atoms with Crippen molar-refractivity contribution in [3.8, 4) is 22.8 Å². The Kier molecular flexibility index (Phi) is 6.48. The van der Waals surface area contributed by atoms with Gasteiger partial charge >= 0.3 is 0 Å². The lowest BCUT2D eigenvalue weighted by atomic mass is 10.1. The number of halogens is 1. The van der Waals surface area contributed by atoms with Crippen LogP contribution in [0.2, 0.25) is 0 Å². The van der Waals surface area contributed by atoms with E-state index in [1.807, 2.05) is 0 Å². The van der Waals surface area contributed by atoms with Crippen molar-refractivity contribution in [1.82, 2.24) is 14.5 Å². The van der Waals surface area contributed by atoms with Crippen LogP contribution in [-0.2, 0) is 16.6 Å². The van der Waals surface area contributed by atoms with E-state index < -0.39 is 15.8 Å². The van der Waals surface area contributed by atoms with Crippen molar-refractivity contribution in [2.24, 2.45) is 0 Å². The second-order valence-corrected chi connectivity index (χ2v) is 7.97. The molecule has 2 aromatic carbocycles. The van der Waals surface area contributed by atoms with E-state index in [1.165, 1.54) is 25.3 Å². The fourth-order valence-corrected chi connectivity index (χ4v) is 3.74. The summed E-state index contributed by atoms with van der Waals surface area (Å²) in [6.45, 7) is -0.102. The third-order valence-electron chi connectivity index (χ3n) is 4.30. The van der Waals surface area contributed by atoms with Gasteiger partial charge in [-0.2, -0.15) is 5.10 Å². The minimum atomic E-state index is -3.96. The molecular formula is C20H20FN3O5S. The zero-order valence-corrected chi connectivity index (χ0v) is 17.1. The normalized spacial score (nSPS) is 11.3. The summed E-state index contributed by atoms with van der Waals surface area (Å²) >= 11 is 0. The Balaban J connectivity index is 1.72. The Hall–Kier alpha value is -3.24. The fourth-order valence-electron chi connectivity index (χ4n) is 2.71. The largest absolute Gasteiger partial charge is 0.497 e. The number of ether oxygens (including phenoxy) is 2. The molecule has 0 radical (unpaired) electrons. The van der Waals surface area contributed by atoms with E-state index >= 15 is 0 Å². The highest BCUT2D eigenvalue weighted by Crippen LogP contribution is 2.21. The first-order chi connectivity index (χ1) is 14.3. The van der Waals surface area contributed by atoms with E-state index in [0.29, 0.717) is 11.4 Å². The van der Waals surface area contributed by atoms with E-state index in [1.54, 1.807) is 37.4 Å². The van der Waals surface area contributed by atoms with Crippen LogP contribution >= 0.6 is 0 Å². The average Bonchev–Trinajstić information content (AvgIpc) is 2.75. The zero-order valence-electron chi connectivity index (χ0n) is 16.3. The average molecular weight is 433 g/mol. The van der Waals surface area contributed by atoms with Crippen molar-refractivity contribution < 1.29 is 22.3 Å². The van der Waals surface area contributed by atoms with Gasteiger partial charge in [0.05, 0.1) is 31.4 Å². The van der Waals surface area contributed by atoms with Crippen molar-refractivity contribution >= 4 is 10.0 Å². The summed E-state index contributed by atoms with van der Waals surface area (Å²) in [4.78, 5) is 11.8. The maximum atomic E-state index is 13.8. The van der Waals surface area contributed by atoms with Gasteiger partial charge in [-0.25, -0.2) is 22.2 Å². The van der Waals surface area contributed by atoms with Crippen molar-refractivity contribution in [3.63, 3.8) is 0 Å². The Morgan fingerprint density at radius 3 is 2.40 bits per heavy atom. The summed E-state index contributed by atoms with van der Waals surface area (Å²) in [5.41, 5.74) is 0.957. The number of hydrogen-bond acceptors (Lipinski definition) is 6. The predicted molar refractivity (Wildman–Crippen MR) is 109 cm³/mol. The van der Waals surface area contributed by atoms with Gasteiger partial charge in [-0.1, -0.05) is 0 Å². The van der Waals surface area contributed by atoms with Gasteiger partial charge in [0.25, 0.3) is 5.56 Å². The summed E-state index contributed by atoms with van der Waals surface area (Å²) < 4.78 is 51.9. The Bertz CT molecular complexity index is 1190. The SMILES string of the molecule is COc1ccc(-c2ccc(=O)n(CCNS(=O)(=O)c3ccc(OC)c(F)c3)n2)cc1. The monoisotopic (exact) mass is 433 g/mol. The topological polar surface area (TPSA) is 99.5 Å². The van der Waals surface area contributed by atoms with Gasteiger partial charge in [0.1, 0.15) is 5.75 Å². The first kappa shape index (κ1) is 21.5. The first-order valence-electron chi connectivity index (χ1n) is 8.90. The minimum Gasteiger partial charge on any atom is -0.497 e. The third-order valence-corrected chi connectivity index (χ3v) is 5.76. The minimum absolute atomic E-state index is 0.000689. The Labute approximate surface area is 172 Å². The number of sulfonamides is 1. The second-order valence-electron chi connectivity index (χ2n) is 6.20. The molecule has 158 valence electrons. The molecule has 0 fully saturated rings. The highest BCUT2D eigenvalue weighted by molar-refractivity contribution is 7.89. The van der Waals surface area contributed by atoms with Crippen LogP contribution in [0.5, 0.6) is 11.5 Å². The standard InChI is InChI=1S/C20H20FN3O5S/c1-28-15-5-3-14(4-6-15)18-8-10-20(25)24(23-18)12-11-22-30(26,27)16-7-9-19(29-2)17(21)13-16/h3-10,13,22H,11-12H2,1-2H3. The van der Waals surface area contributed by atoms with E-state index in [0.717, 1.165) is 16.3 Å².